The molecule has 5 nitrogen and oxygen atoms in total. The van der Waals surface area contributed by atoms with Crippen molar-refractivity contribution in [2.75, 3.05) is 0 Å². The van der Waals surface area contributed by atoms with Gasteiger partial charge in [-0.2, -0.15) is 0 Å². The van der Waals surface area contributed by atoms with Crippen LogP contribution in [-0.2, 0) is 9.59 Å². The second-order valence-corrected chi connectivity index (χ2v) is 2.55. The van der Waals surface area contributed by atoms with Crippen LogP contribution in [0.15, 0.2) is 0 Å². The van der Waals surface area contributed by atoms with Gasteiger partial charge in [0.25, 0.3) is 0 Å². The number of carbonyl (C=O) groups is 2. The molecule has 5 heteroatoms. The van der Waals surface area contributed by atoms with E-state index >= 15 is 0 Å². The monoisotopic (exact) mass is 159 g/mol. The molecule has 62 valence electrons. The molecule has 1 rings (SSSR count). The van der Waals surface area contributed by atoms with Crippen LogP contribution in [0.25, 0.3) is 0 Å². The molecular weight excluding hydrogens is 150 g/mol. The first-order valence-corrected chi connectivity index (χ1v) is 3.24. The summed E-state index contributed by atoms with van der Waals surface area (Å²) in [6.07, 6.45) is -1.40. The molecule has 3 unspecified atom stereocenters. The highest BCUT2D eigenvalue weighted by Gasteiger charge is 2.42. The summed E-state index contributed by atoms with van der Waals surface area (Å²) in [5.74, 6) is -1.66. The third-order valence-corrected chi connectivity index (χ3v) is 1.73. The van der Waals surface area contributed by atoms with Crippen molar-refractivity contribution in [3.63, 3.8) is 0 Å². The fourth-order valence-electron chi connectivity index (χ4n) is 1.07. The Bertz CT molecular complexity index is 203. The third kappa shape index (κ3) is 1.24. The number of carboxylic acids is 1. The molecular formula is C6H9NO4. The average Bonchev–Trinajstić information content (AvgIpc) is 2.17. The molecule has 1 saturated heterocycles. The number of hydrogen-bond donors (Lipinski definition) is 3. The van der Waals surface area contributed by atoms with Crippen LogP contribution >= 0.6 is 0 Å². The maximum Gasteiger partial charge on any atom is 0.323 e. The SMILES string of the molecule is CC1NC(C(=O)O)C(O)C1=O. The van der Waals surface area contributed by atoms with Crippen LogP contribution < -0.4 is 5.32 Å². The van der Waals surface area contributed by atoms with Gasteiger partial charge in [0.05, 0.1) is 6.04 Å². The van der Waals surface area contributed by atoms with Gasteiger partial charge in [0.1, 0.15) is 12.1 Å². The number of carboxylic acid groups (broad SMARTS) is 1. The first kappa shape index (κ1) is 8.16. The van der Waals surface area contributed by atoms with E-state index in [2.05, 4.69) is 5.32 Å². The van der Waals surface area contributed by atoms with Gasteiger partial charge >= 0.3 is 5.97 Å². The second kappa shape index (κ2) is 2.60. The van der Waals surface area contributed by atoms with Crippen molar-refractivity contribution in [2.45, 2.75) is 25.1 Å². The highest BCUT2D eigenvalue weighted by molar-refractivity contribution is 5.96. The van der Waals surface area contributed by atoms with E-state index in [-0.39, 0.29) is 0 Å². The Morgan fingerprint density at radius 2 is 2.18 bits per heavy atom. The summed E-state index contributed by atoms with van der Waals surface area (Å²) >= 11 is 0. The van der Waals surface area contributed by atoms with Crippen molar-refractivity contribution in [2.24, 2.45) is 0 Å². The molecule has 0 aliphatic carbocycles. The van der Waals surface area contributed by atoms with Gasteiger partial charge in [0, 0.05) is 0 Å². The predicted molar refractivity (Wildman–Crippen MR) is 35.0 cm³/mol. The molecule has 1 aliphatic heterocycles. The molecule has 0 saturated carbocycles. The van der Waals surface area contributed by atoms with Crippen molar-refractivity contribution in [1.29, 1.82) is 0 Å². The Morgan fingerprint density at radius 3 is 2.36 bits per heavy atom. The van der Waals surface area contributed by atoms with Gasteiger partial charge in [-0.05, 0) is 6.92 Å². The molecule has 1 fully saturated rings. The van der Waals surface area contributed by atoms with E-state index < -0.39 is 29.9 Å². The third-order valence-electron chi connectivity index (χ3n) is 1.73. The summed E-state index contributed by atoms with van der Waals surface area (Å²) in [6.45, 7) is 1.52. The van der Waals surface area contributed by atoms with Crippen LogP contribution in [0.1, 0.15) is 6.92 Å². The number of aliphatic carboxylic acids is 1. The number of Topliss-reactive ketones (excluding diaryl/α,β-unsaturated/α-hetero) is 1. The fourth-order valence-corrected chi connectivity index (χ4v) is 1.07. The molecule has 0 aromatic rings. The summed E-state index contributed by atoms with van der Waals surface area (Å²) in [5.41, 5.74) is 0. The van der Waals surface area contributed by atoms with E-state index in [1.165, 1.54) is 6.92 Å². The van der Waals surface area contributed by atoms with Crippen molar-refractivity contribution in [3.8, 4) is 0 Å². The van der Waals surface area contributed by atoms with Crippen molar-refractivity contribution >= 4 is 11.8 Å². The minimum absolute atomic E-state index is 0.461. The van der Waals surface area contributed by atoms with Gasteiger partial charge < -0.3 is 10.2 Å². The van der Waals surface area contributed by atoms with Gasteiger partial charge in [-0.3, -0.25) is 14.9 Å². The smallest absolute Gasteiger partial charge is 0.323 e. The van der Waals surface area contributed by atoms with E-state index in [0.717, 1.165) is 0 Å². The fraction of sp³-hybridized carbons (Fsp3) is 0.667. The normalized spacial score (nSPS) is 37.6. The zero-order valence-corrected chi connectivity index (χ0v) is 5.94. The zero-order chi connectivity index (χ0) is 8.59. The minimum Gasteiger partial charge on any atom is -0.480 e. The van der Waals surface area contributed by atoms with Gasteiger partial charge in [-0.15, -0.1) is 0 Å². The maximum absolute atomic E-state index is 10.8. The van der Waals surface area contributed by atoms with Gasteiger partial charge in [-0.25, -0.2) is 0 Å². The second-order valence-electron chi connectivity index (χ2n) is 2.55. The van der Waals surface area contributed by atoms with E-state index in [1.54, 1.807) is 0 Å². The lowest BCUT2D eigenvalue weighted by Gasteiger charge is -2.06. The van der Waals surface area contributed by atoms with Crippen molar-refractivity contribution in [1.82, 2.24) is 5.32 Å². The summed E-state index contributed by atoms with van der Waals surface area (Å²) in [4.78, 5) is 21.2. The average molecular weight is 159 g/mol. The Morgan fingerprint density at radius 1 is 1.64 bits per heavy atom. The molecule has 0 radical (unpaired) electrons. The molecule has 0 aromatic carbocycles. The van der Waals surface area contributed by atoms with E-state index in [1.807, 2.05) is 0 Å². The summed E-state index contributed by atoms with van der Waals surface area (Å²) in [5, 5.41) is 19.9. The number of hydrogen-bond acceptors (Lipinski definition) is 4. The lowest BCUT2D eigenvalue weighted by atomic mass is 10.1. The number of ketones is 1. The molecule has 1 heterocycles. The topological polar surface area (TPSA) is 86.6 Å². The van der Waals surface area contributed by atoms with Crippen LogP contribution in [0.4, 0.5) is 0 Å². The molecule has 0 spiro atoms. The van der Waals surface area contributed by atoms with Crippen LogP contribution in [0, 0.1) is 0 Å². The van der Waals surface area contributed by atoms with Crippen LogP contribution in [0.3, 0.4) is 0 Å². The number of nitrogens with one attached hydrogen (secondary N) is 1. The molecule has 0 bridgehead atoms. The minimum atomic E-state index is -1.40. The molecule has 0 amide bonds. The molecule has 3 N–H and O–H groups in total. The largest absolute Gasteiger partial charge is 0.480 e. The summed E-state index contributed by atoms with van der Waals surface area (Å²) in [7, 11) is 0. The Labute approximate surface area is 63.0 Å². The van der Waals surface area contributed by atoms with Crippen LogP contribution in [-0.4, -0.2) is 40.2 Å². The number of rotatable bonds is 1. The van der Waals surface area contributed by atoms with Crippen molar-refractivity contribution in [3.05, 3.63) is 0 Å². The number of aliphatic hydroxyl groups excluding tert-OH is 1. The Hall–Kier alpha value is -0.940. The molecule has 11 heavy (non-hydrogen) atoms. The first-order chi connectivity index (χ1) is 5.04. The highest BCUT2D eigenvalue weighted by Crippen LogP contribution is 2.08. The lowest BCUT2D eigenvalue weighted by Crippen LogP contribution is -2.39. The quantitative estimate of drug-likeness (QED) is 0.427. The standard InChI is InChI=1S/C6H9NO4/c1-2-4(8)5(9)3(7-2)6(10)11/h2-3,5,7,9H,1H3,(H,10,11). The summed E-state index contributed by atoms with van der Waals surface area (Å²) in [6, 6.07) is -1.71. The molecule has 1 aliphatic rings. The van der Waals surface area contributed by atoms with E-state index in [0.29, 0.717) is 0 Å². The van der Waals surface area contributed by atoms with E-state index in [4.69, 9.17) is 10.2 Å². The first-order valence-electron chi connectivity index (χ1n) is 3.24. The van der Waals surface area contributed by atoms with Gasteiger partial charge in [0.15, 0.2) is 5.78 Å². The van der Waals surface area contributed by atoms with Gasteiger partial charge in [-0.1, -0.05) is 0 Å². The van der Waals surface area contributed by atoms with E-state index in [9.17, 15) is 9.59 Å². The number of aliphatic hydroxyl groups is 1. The Kier molecular flexibility index (Phi) is 1.92. The lowest BCUT2D eigenvalue weighted by molar-refractivity contribution is -0.143. The zero-order valence-electron chi connectivity index (χ0n) is 5.94. The van der Waals surface area contributed by atoms with Gasteiger partial charge in [0.2, 0.25) is 0 Å². The molecule has 0 aromatic heterocycles. The van der Waals surface area contributed by atoms with Crippen molar-refractivity contribution < 1.29 is 19.8 Å². The van der Waals surface area contributed by atoms with Crippen LogP contribution in [0.5, 0.6) is 0 Å². The number of carbonyl (C=O) groups excluding carboxylic acids is 1. The molecule has 3 atom stereocenters. The Balaban J connectivity index is 2.75. The maximum atomic E-state index is 10.8. The van der Waals surface area contributed by atoms with Crippen LogP contribution in [0.2, 0.25) is 0 Å². The summed E-state index contributed by atoms with van der Waals surface area (Å²) < 4.78 is 0. The predicted octanol–water partition coefficient (Wildman–Crippen LogP) is -1.64. The highest BCUT2D eigenvalue weighted by atomic mass is 16.4.